The first-order valence-corrected chi connectivity index (χ1v) is 5.11. The van der Waals surface area contributed by atoms with E-state index in [4.69, 9.17) is 4.74 Å². The van der Waals surface area contributed by atoms with Crippen LogP contribution < -0.4 is 4.74 Å². The largest absolute Gasteiger partial charge is 0.496 e. The number of hydrogen-bond acceptors (Lipinski definition) is 6. The summed E-state index contributed by atoms with van der Waals surface area (Å²) in [7, 11) is 2.70. The van der Waals surface area contributed by atoms with Crippen LogP contribution in [-0.4, -0.2) is 41.1 Å². The van der Waals surface area contributed by atoms with E-state index in [1.54, 1.807) is 0 Å². The van der Waals surface area contributed by atoms with Crippen molar-refractivity contribution in [1.29, 1.82) is 0 Å². The molecule has 0 aliphatic heterocycles. The van der Waals surface area contributed by atoms with Crippen LogP contribution in [0.5, 0.6) is 5.75 Å². The summed E-state index contributed by atoms with van der Waals surface area (Å²) in [6, 6.07) is 3.01. The van der Waals surface area contributed by atoms with Crippen LogP contribution in [0, 0.1) is 0 Å². The quantitative estimate of drug-likeness (QED) is 0.735. The smallest absolute Gasteiger partial charge is 0.341 e. The molecule has 0 fully saturated rings. The van der Waals surface area contributed by atoms with Gasteiger partial charge in [0.2, 0.25) is 5.91 Å². The van der Waals surface area contributed by atoms with Crippen LogP contribution in [0.15, 0.2) is 12.1 Å². The Morgan fingerprint density at radius 1 is 1.28 bits per heavy atom. The Bertz CT molecular complexity index is 632. The summed E-state index contributed by atoms with van der Waals surface area (Å²) >= 11 is 0. The Kier molecular flexibility index (Phi) is 2.97. The second-order valence-corrected chi connectivity index (χ2v) is 3.55. The van der Waals surface area contributed by atoms with Crippen molar-refractivity contribution in [3.05, 3.63) is 17.7 Å². The number of carbonyl (C=O) groups is 2. The van der Waals surface area contributed by atoms with Crippen molar-refractivity contribution < 1.29 is 19.1 Å². The average Bonchev–Trinajstić information content (AvgIpc) is 2.78. The fraction of sp³-hybridized carbons (Fsp3) is 0.273. The molecule has 94 valence electrons. The van der Waals surface area contributed by atoms with Crippen LogP contribution in [0.25, 0.3) is 11.0 Å². The minimum Gasteiger partial charge on any atom is -0.496 e. The molecule has 0 radical (unpaired) electrons. The molecule has 7 heteroatoms. The van der Waals surface area contributed by atoms with Gasteiger partial charge in [-0.15, -0.1) is 5.10 Å². The number of methoxy groups -OCH3 is 2. The molecule has 0 amide bonds. The van der Waals surface area contributed by atoms with Crippen molar-refractivity contribution in [3.63, 3.8) is 0 Å². The SMILES string of the molecule is COC(=O)c1cc2nnn(C(C)=O)c2cc1OC. The molecule has 2 aromatic rings. The Morgan fingerprint density at radius 2 is 2.00 bits per heavy atom. The van der Waals surface area contributed by atoms with Gasteiger partial charge in [0.05, 0.1) is 14.2 Å². The third kappa shape index (κ3) is 1.79. The van der Waals surface area contributed by atoms with Crippen molar-refractivity contribution in [2.45, 2.75) is 6.92 Å². The molecule has 0 saturated carbocycles. The zero-order valence-corrected chi connectivity index (χ0v) is 10.1. The van der Waals surface area contributed by atoms with E-state index in [1.807, 2.05) is 0 Å². The van der Waals surface area contributed by atoms with Gasteiger partial charge in [0.25, 0.3) is 0 Å². The molecule has 1 aromatic carbocycles. The Balaban J connectivity index is 2.70. The highest BCUT2D eigenvalue weighted by Gasteiger charge is 2.18. The van der Waals surface area contributed by atoms with Crippen molar-refractivity contribution in [2.24, 2.45) is 0 Å². The highest BCUT2D eigenvalue weighted by atomic mass is 16.5. The highest BCUT2D eigenvalue weighted by Crippen LogP contribution is 2.25. The van der Waals surface area contributed by atoms with Crippen molar-refractivity contribution >= 4 is 22.9 Å². The Hall–Kier alpha value is -2.44. The summed E-state index contributed by atoms with van der Waals surface area (Å²) in [6.45, 7) is 1.37. The second kappa shape index (κ2) is 4.44. The van der Waals surface area contributed by atoms with Gasteiger partial charge in [-0.1, -0.05) is 5.21 Å². The highest BCUT2D eigenvalue weighted by molar-refractivity contribution is 5.98. The Morgan fingerprint density at radius 3 is 2.56 bits per heavy atom. The third-order valence-electron chi connectivity index (χ3n) is 2.47. The lowest BCUT2D eigenvalue weighted by molar-refractivity contribution is 0.0597. The van der Waals surface area contributed by atoms with Crippen LogP contribution in [-0.2, 0) is 4.74 Å². The maximum Gasteiger partial charge on any atom is 0.341 e. The summed E-state index contributed by atoms with van der Waals surface area (Å²) < 4.78 is 10.9. The first-order valence-electron chi connectivity index (χ1n) is 5.11. The summed E-state index contributed by atoms with van der Waals surface area (Å²) in [5.41, 5.74) is 1.14. The van der Waals surface area contributed by atoms with Crippen LogP contribution in [0.2, 0.25) is 0 Å². The first kappa shape index (κ1) is 12.0. The molecule has 18 heavy (non-hydrogen) atoms. The molecule has 0 atom stereocenters. The average molecular weight is 249 g/mol. The standard InChI is InChI=1S/C11H11N3O4/c1-6(15)14-9-5-10(17-2)7(11(16)18-3)4-8(9)12-13-14/h4-5H,1-3H3. The van der Waals surface area contributed by atoms with Gasteiger partial charge in [-0.25, -0.2) is 4.79 Å². The van der Waals surface area contributed by atoms with Gasteiger partial charge in [-0.05, 0) is 6.07 Å². The predicted molar refractivity (Wildman–Crippen MR) is 61.7 cm³/mol. The van der Waals surface area contributed by atoms with Crippen molar-refractivity contribution in [3.8, 4) is 5.75 Å². The normalized spacial score (nSPS) is 10.4. The zero-order chi connectivity index (χ0) is 13.3. The molecular formula is C11H11N3O4. The number of benzene rings is 1. The zero-order valence-electron chi connectivity index (χ0n) is 10.1. The Labute approximate surface area is 102 Å². The van der Waals surface area contributed by atoms with Crippen LogP contribution >= 0.6 is 0 Å². The van der Waals surface area contributed by atoms with Crippen molar-refractivity contribution in [1.82, 2.24) is 15.0 Å². The summed E-state index contributed by atoms with van der Waals surface area (Å²) in [6.07, 6.45) is 0. The third-order valence-corrected chi connectivity index (χ3v) is 2.47. The van der Waals surface area contributed by atoms with Gasteiger partial charge in [0.15, 0.2) is 0 Å². The van der Waals surface area contributed by atoms with E-state index in [0.717, 1.165) is 4.68 Å². The fourth-order valence-electron chi connectivity index (χ4n) is 1.62. The van der Waals surface area contributed by atoms with Crippen LogP contribution in [0.1, 0.15) is 22.1 Å². The van der Waals surface area contributed by atoms with Gasteiger partial charge in [-0.3, -0.25) is 4.79 Å². The number of fused-ring (bicyclic) bond motifs is 1. The van der Waals surface area contributed by atoms with E-state index in [1.165, 1.54) is 33.3 Å². The molecule has 0 bridgehead atoms. The van der Waals surface area contributed by atoms with E-state index >= 15 is 0 Å². The number of carbonyl (C=O) groups excluding carboxylic acids is 2. The van der Waals surface area contributed by atoms with Gasteiger partial charge in [-0.2, -0.15) is 4.68 Å². The number of aromatic nitrogens is 3. The summed E-state index contributed by atoms with van der Waals surface area (Å²) in [5, 5.41) is 7.53. The predicted octanol–water partition coefficient (Wildman–Crippen LogP) is 0.887. The summed E-state index contributed by atoms with van der Waals surface area (Å²) in [4.78, 5) is 22.9. The molecule has 0 saturated heterocycles. The first-order chi connectivity index (χ1) is 8.58. The molecular weight excluding hydrogens is 238 g/mol. The molecule has 0 spiro atoms. The van der Waals surface area contributed by atoms with Crippen LogP contribution in [0.4, 0.5) is 0 Å². The number of ether oxygens (including phenoxy) is 2. The van der Waals surface area contributed by atoms with E-state index < -0.39 is 5.97 Å². The molecule has 0 N–H and O–H groups in total. The molecule has 7 nitrogen and oxygen atoms in total. The van der Waals surface area contributed by atoms with Gasteiger partial charge in [0.1, 0.15) is 22.3 Å². The lowest BCUT2D eigenvalue weighted by Gasteiger charge is -2.06. The number of nitrogens with zero attached hydrogens (tertiary/aromatic N) is 3. The van der Waals surface area contributed by atoms with E-state index in [9.17, 15) is 9.59 Å². The molecule has 1 heterocycles. The van der Waals surface area contributed by atoms with E-state index in [0.29, 0.717) is 16.8 Å². The maximum absolute atomic E-state index is 11.6. The summed E-state index contributed by atoms with van der Waals surface area (Å²) in [5.74, 6) is -0.504. The van der Waals surface area contributed by atoms with Gasteiger partial charge < -0.3 is 9.47 Å². The van der Waals surface area contributed by atoms with E-state index in [2.05, 4.69) is 15.0 Å². The van der Waals surface area contributed by atoms with Crippen LogP contribution in [0.3, 0.4) is 0 Å². The lowest BCUT2D eigenvalue weighted by Crippen LogP contribution is -2.08. The minimum atomic E-state index is -0.536. The second-order valence-electron chi connectivity index (χ2n) is 3.55. The molecule has 0 aliphatic rings. The molecule has 0 unspecified atom stereocenters. The fourth-order valence-corrected chi connectivity index (χ4v) is 1.62. The minimum absolute atomic E-state index is 0.239. The monoisotopic (exact) mass is 249 g/mol. The van der Waals surface area contributed by atoms with E-state index in [-0.39, 0.29) is 11.5 Å². The number of esters is 1. The van der Waals surface area contributed by atoms with Gasteiger partial charge >= 0.3 is 5.97 Å². The maximum atomic E-state index is 11.6. The van der Waals surface area contributed by atoms with Crippen molar-refractivity contribution in [2.75, 3.05) is 14.2 Å². The molecule has 1 aromatic heterocycles. The number of rotatable bonds is 2. The topological polar surface area (TPSA) is 83.3 Å². The number of hydrogen-bond donors (Lipinski definition) is 0. The molecule has 0 aliphatic carbocycles. The lowest BCUT2D eigenvalue weighted by atomic mass is 10.1. The molecule has 2 rings (SSSR count). The van der Waals surface area contributed by atoms with Gasteiger partial charge in [0, 0.05) is 13.0 Å².